The van der Waals surface area contributed by atoms with Gasteiger partial charge in [0.05, 0.1) is 6.04 Å². The van der Waals surface area contributed by atoms with Crippen molar-refractivity contribution in [3.8, 4) is 0 Å². The average Bonchev–Trinajstić information content (AvgIpc) is 3.24. The third kappa shape index (κ3) is 3.90. The number of nitrogens with one attached hydrogen (secondary N) is 2. The van der Waals surface area contributed by atoms with Crippen molar-refractivity contribution in [2.24, 2.45) is 11.8 Å². The van der Waals surface area contributed by atoms with Gasteiger partial charge < -0.3 is 15.5 Å². The van der Waals surface area contributed by atoms with Crippen molar-refractivity contribution in [2.75, 3.05) is 24.5 Å². The summed E-state index contributed by atoms with van der Waals surface area (Å²) in [5.41, 5.74) is -0.856. The summed E-state index contributed by atoms with van der Waals surface area (Å²) in [4.78, 5) is 18.3. The zero-order valence-corrected chi connectivity index (χ0v) is 15.1. The minimum Gasteiger partial charge on any atom is -0.356 e. The summed E-state index contributed by atoms with van der Waals surface area (Å²) in [7, 11) is 0. The van der Waals surface area contributed by atoms with E-state index in [4.69, 9.17) is 0 Å². The van der Waals surface area contributed by atoms with E-state index < -0.39 is 11.9 Å². The number of carbonyl (C=O) groups excluding carboxylic acids is 1. The maximum absolute atomic E-state index is 12.9. The highest BCUT2D eigenvalue weighted by Gasteiger charge is 2.44. The minimum atomic E-state index is -4.44. The van der Waals surface area contributed by atoms with E-state index in [1.807, 2.05) is 4.90 Å². The maximum Gasteiger partial charge on any atom is 0.433 e. The number of alkyl halides is 3. The summed E-state index contributed by atoms with van der Waals surface area (Å²) in [5, 5.41) is 6.47. The minimum absolute atomic E-state index is 0.0657. The number of rotatable bonds is 3. The zero-order valence-electron chi connectivity index (χ0n) is 15.1. The molecular formula is C19H25F3N4O. The molecule has 27 heavy (non-hydrogen) atoms. The lowest BCUT2D eigenvalue weighted by Gasteiger charge is -2.27. The molecule has 1 aromatic rings. The van der Waals surface area contributed by atoms with Crippen LogP contribution in [0.25, 0.3) is 0 Å². The van der Waals surface area contributed by atoms with Gasteiger partial charge in [0, 0.05) is 25.0 Å². The quantitative estimate of drug-likeness (QED) is 0.844. The van der Waals surface area contributed by atoms with Crippen LogP contribution in [0.5, 0.6) is 0 Å². The molecule has 1 aliphatic carbocycles. The Hall–Kier alpha value is -1.83. The molecular weight excluding hydrogens is 357 g/mol. The number of nitrogens with zero attached hydrogens (tertiary/aromatic N) is 2. The van der Waals surface area contributed by atoms with Crippen molar-refractivity contribution in [3.63, 3.8) is 0 Å². The molecule has 3 aliphatic rings. The first kappa shape index (κ1) is 18.5. The lowest BCUT2D eigenvalue weighted by molar-refractivity contribution is -0.141. The number of pyridine rings is 1. The summed E-state index contributed by atoms with van der Waals surface area (Å²) < 4.78 is 38.8. The highest BCUT2D eigenvalue weighted by molar-refractivity contribution is 5.82. The molecule has 0 spiro atoms. The molecule has 148 valence electrons. The molecule has 1 amide bonds. The first-order valence-electron chi connectivity index (χ1n) is 9.75. The van der Waals surface area contributed by atoms with Crippen molar-refractivity contribution in [1.29, 1.82) is 0 Å². The normalized spacial score (nSPS) is 31.0. The Bertz CT molecular complexity index is 690. The molecule has 5 nitrogen and oxygen atoms in total. The Morgan fingerprint density at radius 3 is 2.78 bits per heavy atom. The number of hydrogen-bond acceptors (Lipinski definition) is 4. The lowest BCUT2D eigenvalue weighted by Crippen LogP contribution is -2.51. The smallest absolute Gasteiger partial charge is 0.356 e. The van der Waals surface area contributed by atoms with Gasteiger partial charge in [0.1, 0.15) is 11.5 Å². The molecule has 3 heterocycles. The van der Waals surface area contributed by atoms with Crippen molar-refractivity contribution >= 4 is 11.7 Å². The third-order valence-electron chi connectivity index (χ3n) is 6.16. The molecule has 4 atom stereocenters. The first-order chi connectivity index (χ1) is 12.9. The zero-order chi connectivity index (χ0) is 19.0. The van der Waals surface area contributed by atoms with Crippen LogP contribution in [0.3, 0.4) is 0 Å². The number of piperidine rings is 1. The summed E-state index contributed by atoms with van der Waals surface area (Å²) >= 11 is 0. The maximum atomic E-state index is 12.9. The van der Waals surface area contributed by atoms with Gasteiger partial charge in [0.25, 0.3) is 0 Å². The summed E-state index contributed by atoms with van der Waals surface area (Å²) in [6, 6.07) is 4.03. The molecule has 2 saturated heterocycles. The molecule has 0 radical (unpaired) electrons. The van der Waals surface area contributed by atoms with Crippen LogP contribution >= 0.6 is 0 Å². The van der Waals surface area contributed by atoms with Crippen molar-refractivity contribution < 1.29 is 18.0 Å². The number of halogens is 3. The second kappa shape index (κ2) is 7.30. The van der Waals surface area contributed by atoms with Crippen molar-refractivity contribution in [3.05, 3.63) is 23.9 Å². The van der Waals surface area contributed by atoms with E-state index in [0.29, 0.717) is 24.8 Å². The third-order valence-corrected chi connectivity index (χ3v) is 6.16. The van der Waals surface area contributed by atoms with Gasteiger partial charge in [-0.3, -0.25) is 4.79 Å². The number of fused-ring (bicyclic) bond motifs is 1. The van der Waals surface area contributed by atoms with Crippen LogP contribution in [0, 0.1) is 11.8 Å². The summed E-state index contributed by atoms with van der Waals surface area (Å²) in [6.45, 7) is 2.22. The van der Waals surface area contributed by atoms with Crippen molar-refractivity contribution in [2.45, 2.75) is 50.4 Å². The van der Waals surface area contributed by atoms with Gasteiger partial charge in [0.15, 0.2) is 0 Å². The predicted molar refractivity (Wildman–Crippen MR) is 95.2 cm³/mol. The number of aromatic nitrogens is 1. The fourth-order valence-electron chi connectivity index (χ4n) is 4.75. The Morgan fingerprint density at radius 1 is 1.19 bits per heavy atom. The van der Waals surface area contributed by atoms with Gasteiger partial charge in [-0.15, -0.1) is 0 Å². The van der Waals surface area contributed by atoms with E-state index in [0.717, 1.165) is 44.7 Å². The van der Waals surface area contributed by atoms with Crippen molar-refractivity contribution in [1.82, 2.24) is 15.6 Å². The van der Waals surface area contributed by atoms with Gasteiger partial charge in [-0.2, -0.15) is 13.2 Å². The van der Waals surface area contributed by atoms with E-state index >= 15 is 0 Å². The molecule has 1 saturated carbocycles. The Balaban J connectivity index is 1.40. The molecule has 0 bridgehead atoms. The fourth-order valence-corrected chi connectivity index (χ4v) is 4.75. The molecule has 4 rings (SSSR count). The van der Waals surface area contributed by atoms with Crippen LogP contribution in [-0.2, 0) is 11.0 Å². The molecule has 8 heteroatoms. The van der Waals surface area contributed by atoms with Gasteiger partial charge in [0.2, 0.25) is 5.91 Å². The van der Waals surface area contributed by atoms with Gasteiger partial charge in [-0.1, -0.05) is 12.5 Å². The Labute approximate surface area is 156 Å². The molecule has 0 aromatic carbocycles. The molecule has 3 fully saturated rings. The van der Waals surface area contributed by atoms with Gasteiger partial charge in [-0.25, -0.2) is 4.98 Å². The van der Waals surface area contributed by atoms with E-state index in [1.54, 1.807) is 6.07 Å². The van der Waals surface area contributed by atoms with Crippen LogP contribution < -0.4 is 15.5 Å². The molecule has 0 unspecified atom stereocenters. The standard InChI is InChI=1S/C19H25F3N4O/c20-19(21,22)16-5-3-6-17(25-16)26-10-12-7-8-14(13(12)11-26)24-18(27)15-4-1-2-9-23-15/h3,5-6,12-15,23H,1-2,4,7-11H2,(H,24,27)/t12-,13+,14+,15+/m1/s1. The second-order valence-electron chi connectivity index (χ2n) is 7.90. The topological polar surface area (TPSA) is 57.3 Å². The first-order valence-corrected chi connectivity index (χ1v) is 9.75. The monoisotopic (exact) mass is 382 g/mol. The number of carbonyl (C=O) groups is 1. The molecule has 2 aliphatic heterocycles. The van der Waals surface area contributed by atoms with E-state index in [1.165, 1.54) is 6.07 Å². The fraction of sp³-hybridized carbons (Fsp3) is 0.684. The molecule has 1 aromatic heterocycles. The lowest BCUT2D eigenvalue weighted by atomic mass is 9.97. The second-order valence-corrected chi connectivity index (χ2v) is 7.90. The van der Waals surface area contributed by atoms with E-state index in [9.17, 15) is 18.0 Å². The van der Waals surface area contributed by atoms with Gasteiger partial charge in [-0.05, 0) is 50.3 Å². The Kier molecular flexibility index (Phi) is 5.01. The highest BCUT2D eigenvalue weighted by atomic mass is 19.4. The number of hydrogen-bond donors (Lipinski definition) is 2. The van der Waals surface area contributed by atoms with Gasteiger partial charge >= 0.3 is 6.18 Å². The van der Waals surface area contributed by atoms with E-state index in [2.05, 4.69) is 15.6 Å². The highest BCUT2D eigenvalue weighted by Crippen LogP contribution is 2.40. The van der Waals surface area contributed by atoms with Crippen LogP contribution in [0.15, 0.2) is 18.2 Å². The van der Waals surface area contributed by atoms with Crippen LogP contribution in [0.4, 0.5) is 19.0 Å². The van der Waals surface area contributed by atoms with Crippen LogP contribution in [0.1, 0.15) is 37.8 Å². The summed E-state index contributed by atoms with van der Waals surface area (Å²) in [5.74, 6) is 1.11. The number of amides is 1. The SMILES string of the molecule is O=C(N[C@H]1CC[C@@H]2CN(c3cccc(C(F)(F)F)n3)C[C@@H]21)[C@@H]1CCCCN1. The number of anilines is 1. The van der Waals surface area contributed by atoms with Crippen LogP contribution in [0.2, 0.25) is 0 Å². The summed E-state index contributed by atoms with van der Waals surface area (Å²) in [6.07, 6.45) is 0.538. The predicted octanol–water partition coefficient (Wildman–Crippen LogP) is 2.57. The van der Waals surface area contributed by atoms with E-state index in [-0.39, 0.29) is 23.9 Å². The molecule has 2 N–H and O–H groups in total. The average molecular weight is 382 g/mol. The Morgan fingerprint density at radius 2 is 2.04 bits per heavy atom. The largest absolute Gasteiger partial charge is 0.433 e. The van der Waals surface area contributed by atoms with Crippen LogP contribution in [-0.4, -0.2) is 42.6 Å².